The summed E-state index contributed by atoms with van der Waals surface area (Å²) >= 11 is 0. The zero-order valence-corrected chi connectivity index (χ0v) is 20.9. The molecule has 188 valence electrons. The smallest absolute Gasteiger partial charge is 0.131 e. The van der Waals surface area contributed by atoms with Gasteiger partial charge in [0.05, 0.1) is 11.4 Å². The normalized spacial score (nSPS) is 18.7. The first-order chi connectivity index (χ1) is 18.2. The summed E-state index contributed by atoms with van der Waals surface area (Å²) < 4.78 is 5.98. The molecule has 2 atom stereocenters. The van der Waals surface area contributed by atoms with Crippen LogP contribution in [0.1, 0.15) is 52.5 Å². The Morgan fingerprint density at radius 2 is 1.73 bits per heavy atom. The summed E-state index contributed by atoms with van der Waals surface area (Å²) in [7, 11) is 0. The number of ether oxygens (including phenoxy) is 1. The maximum Gasteiger partial charge on any atom is 0.131 e. The second-order valence-corrected chi connectivity index (χ2v) is 10.3. The van der Waals surface area contributed by atoms with Crippen molar-refractivity contribution in [2.45, 2.75) is 37.2 Å². The van der Waals surface area contributed by atoms with Crippen molar-refractivity contribution in [1.29, 1.82) is 0 Å². The third kappa shape index (κ3) is 4.77. The molecule has 0 radical (unpaired) electrons. The highest BCUT2D eigenvalue weighted by atomic mass is 16.5. The largest absolute Gasteiger partial charge is 0.490 e. The lowest BCUT2D eigenvalue weighted by Crippen LogP contribution is -2.40. The fraction of sp³-hybridized carbons (Fsp3) is 0.312. The number of rotatable bonds is 7. The molecule has 5 nitrogen and oxygen atoms in total. The molecule has 0 amide bonds. The van der Waals surface area contributed by atoms with Gasteiger partial charge in [-0.15, -0.1) is 0 Å². The fourth-order valence-corrected chi connectivity index (χ4v) is 6.19. The number of aliphatic hydroxyl groups is 1. The quantitative estimate of drug-likeness (QED) is 0.364. The fourth-order valence-electron chi connectivity index (χ4n) is 6.19. The van der Waals surface area contributed by atoms with Crippen LogP contribution in [0.25, 0.3) is 10.9 Å². The zero-order valence-electron chi connectivity index (χ0n) is 20.9. The van der Waals surface area contributed by atoms with Gasteiger partial charge in [-0.1, -0.05) is 48.5 Å². The van der Waals surface area contributed by atoms with Gasteiger partial charge in [-0.3, -0.25) is 4.98 Å². The van der Waals surface area contributed by atoms with E-state index in [-0.39, 0.29) is 12.5 Å². The van der Waals surface area contributed by atoms with Crippen LogP contribution in [-0.2, 0) is 11.2 Å². The minimum absolute atomic E-state index is 0.183. The average Bonchev–Trinajstić information content (AvgIpc) is 2.95. The standard InChI is InChI=1S/C32H32N2O3/c35-20-29-26-8-2-1-6-23(26)18-24-7-3-9-27(32(24)29)22-13-16-34(17-14-22)19-25(36)21-37-31-12-4-11-30-28(31)10-5-15-33-30/h1-12,15,20,22,25,29,36H,13-14,16-19,21H2. The average molecular weight is 493 g/mol. The van der Waals surface area contributed by atoms with Gasteiger partial charge in [0.2, 0.25) is 0 Å². The van der Waals surface area contributed by atoms with Gasteiger partial charge in [-0.2, -0.15) is 0 Å². The van der Waals surface area contributed by atoms with Gasteiger partial charge < -0.3 is 19.5 Å². The predicted octanol–water partition coefficient (Wildman–Crippen LogP) is 5.09. The Bertz CT molecular complexity index is 1410. The Morgan fingerprint density at radius 1 is 0.946 bits per heavy atom. The maximum atomic E-state index is 12.3. The molecule has 4 aromatic rings. The molecule has 2 aliphatic rings. The molecule has 3 aromatic carbocycles. The highest BCUT2D eigenvalue weighted by Gasteiger charge is 2.31. The summed E-state index contributed by atoms with van der Waals surface area (Å²) in [5.41, 5.74) is 7.15. The van der Waals surface area contributed by atoms with Crippen LogP contribution in [0.2, 0.25) is 0 Å². The van der Waals surface area contributed by atoms with Crippen molar-refractivity contribution >= 4 is 17.2 Å². The van der Waals surface area contributed by atoms with E-state index in [9.17, 15) is 9.90 Å². The second-order valence-electron chi connectivity index (χ2n) is 10.3. The summed E-state index contributed by atoms with van der Waals surface area (Å²) in [4.78, 5) is 19.0. The van der Waals surface area contributed by atoms with Crippen LogP contribution in [0.15, 0.2) is 79.0 Å². The van der Waals surface area contributed by atoms with Crippen LogP contribution >= 0.6 is 0 Å². The van der Waals surface area contributed by atoms with Gasteiger partial charge in [-0.05, 0) is 90.4 Å². The number of aromatic nitrogens is 1. The van der Waals surface area contributed by atoms with E-state index in [0.29, 0.717) is 12.5 Å². The summed E-state index contributed by atoms with van der Waals surface area (Å²) in [5.74, 6) is 0.997. The second kappa shape index (κ2) is 10.4. The number of hydrogen-bond donors (Lipinski definition) is 1. The molecule has 2 unspecified atom stereocenters. The van der Waals surface area contributed by atoms with Gasteiger partial charge in [0, 0.05) is 18.1 Å². The number of β-amino-alcohol motifs (C(OH)–C–C–N with tert-alkyl or cyclic N) is 1. The lowest BCUT2D eigenvalue weighted by molar-refractivity contribution is -0.108. The van der Waals surface area contributed by atoms with Crippen LogP contribution in [0, 0.1) is 0 Å². The van der Waals surface area contributed by atoms with Gasteiger partial charge in [0.25, 0.3) is 0 Å². The van der Waals surface area contributed by atoms with Crippen LogP contribution in [0.4, 0.5) is 0 Å². The number of fused-ring (bicyclic) bond motifs is 3. The highest BCUT2D eigenvalue weighted by Crippen LogP contribution is 2.42. The van der Waals surface area contributed by atoms with E-state index in [1.165, 1.54) is 22.3 Å². The van der Waals surface area contributed by atoms with E-state index in [0.717, 1.165) is 60.9 Å². The lowest BCUT2D eigenvalue weighted by Gasteiger charge is -2.36. The molecule has 1 fully saturated rings. The molecule has 6 rings (SSSR count). The molecule has 1 saturated heterocycles. The highest BCUT2D eigenvalue weighted by molar-refractivity contribution is 5.84. The third-order valence-electron chi connectivity index (χ3n) is 7.98. The van der Waals surface area contributed by atoms with Crippen LogP contribution in [0.5, 0.6) is 5.75 Å². The van der Waals surface area contributed by atoms with Gasteiger partial charge in [0.15, 0.2) is 0 Å². The van der Waals surface area contributed by atoms with Gasteiger partial charge in [0.1, 0.15) is 24.7 Å². The number of aliphatic hydroxyl groups excluding tert-OH is 1. The molecule has 0 spiro atoms. The maximum absolute atomic E-state index is 12.3. The van der Waals surface area contributed by atoms with Gasteiger partial charge in [-0.25, -0.2) is 0 Å². The van der Waals surface area contributed by atoms with Crippen molar-refractivity contribution < 1.29 is 14.6 Å². The van der Waals surface area contributed by atoms with Crippen molar-refractivity contribution in [3.63, 3.8) is 0 Å². The molecular formula is C32H32N2O3. The topological polar surface area (TPSA) is 62.7 Å². The van der Waals surface area contributed by atoms with Crippen LogP contribution in [-0.4, -0.2) is 53.6 Å². The Morgan fingerprint density at radius 3 is 2.59 bits per heavy atom. The van der Waals surface area contributed by atoms with E-state index in [2.05, 4.69) is 46.3 Å². The van der Waals surface area contributed by atoms with E-state index >= 15 is 0 Å². The Balaban J connectivity index is 1.09. The summed E-state index contributed by atoms with van der Waals surface area (Å²) in [6, 6.07) is 24.6. The Hall–Kier alpha value is -3.54. The number of nitrogens with zero attached hydrogens (tertiary/aromatic N) is 2. The number of aldehydes is 1. The van der Waals surface area contributed by atoms with E-state index in [1.807, 2.05) is 36.4 Å². The molecule has 0 saturated carbocycles. The van der Waals surface area contributed by atoms with E-state index in [4.69, 9.17) is 4.74 Å². The number of pyridine rings is 1. The number of piperidine rings is 1. The molecule has 1 aliphatic heterocycles. The summed E-state index contributed by atoms with van der Waals surface area (Å²) in [6.45, 7) is 2.69. The molecule has 0 bridgehead atoms. The van der Waals surface area contributed by atoms with Crippen molar-refractivity contribution in [1.82, 2.24) is 9.88 Å². The first-order valence-electron chi connectivity index (χ1n) is 13.2. The molecule has 5 heteroatoms. The summed E-state index contributed by atoms with van der Waals surface area (Å²) in [6.07, 6.45) is 5.26. The molecule has 1 N–H and O–H groups in total. The van der Waals surface area contributed by atoms with E-state index < -0.39 is 6.10 Å². The third-order valence-corrected chi connectivity index (χ3v) is 7.98. The van der Waals surface area contributed by atoms with Gasteiger partial charge >= 0.3 is 0 Å². The van der Waals surface area contributed by atoms with E-state index in [1.54, 1.807) is 6.20 Å². The van der Waals surface area contributed by atoms with Crippen LogP contribution in [0.3, 0.4) is 0 Å². The minimum atomic E-state index is -0.566. The molecule has 1 aromatic heterocycles. The number of carbonyl (C=O) groups excluding carboxylic acids is 1. The van der Waals surface area contributed by atoms with Crippen LogP contribution < -0.4 is 4.74 Å². The molecule has 1 aliphatic carbocycles. The molecule has 37 heavy (non-hydrogen) atoms. The Kier molecular flexibility index (Phi) is 6.73. The number of carbonyl (C=O) groups is 1. The first kappa shape index (κ1) is 23.8. The monoisotopic (exact) mass is 492 g/mol. The Labute approximate surface area is 217 Å². The van der Waals surface area contributed by atoms with Crippen molar-refractivity contribution in [2.75, 3.05) is 26.2 Å². The van der Waals surface area contributed by atoms with Crippen molar-refractivity contribution in [2.24, 2.45) is 0 Å². The van der Waals surface area contributed by atoms with Crippen molar-refractivity contribution in [3.05, 3.63) is 107 Å². The SMILES string of the molecule is O=CC1c2ccccc2Cc2cccc(C3CCN(CC(O)COc4cccc5ncccc45)CC3)c21. The first-order valence-corrected chi connectivity index (χ1v) is 13.2. The predicted molar refractivity (Wildman–Crippen MR) is 145 cm³/mol. The number of likely N-dealkylation sites (tertiary alicyclic amines) is 1. The zero-order chi connectivity index (χ0) is 25.2. The molecular weight excluding hydrogens is 460 g/mol. The minimum Gasteiger partial charge on any atom is -0.490 e. The lowest BCUT2D eigenvalue weighted by atomic mass is 9.73. The van der Waals surface area contributed by atoms with Crippen molar-refractivity contribution in [3.8, 4) is 5.75 Å². The summed E-state index contributed by atoms with van der Waals surface area (Å²) in [5, 5.41) is 11.7. The number of hydrogen-bond acceptors (Lipinski definition) is 5. The number of benzene rings is 3. The molecule has 2 heterocycles.